The Labute approximate surface area is 140 Å². The third kappa shape index (κ3) is 5.32. The second-order valence-electron chi connectivity index (χ2n) is 4.11. The summed E-state index contributed by atoms with van der Waals surface area (Å²) in [5.74, 6) is -0.321. The van der Waals surface area contributed by atoms with Gasteiger partial charge in [0.1, 0.15) is 6.61 Å². The van der Waals surface area contributed by atoms with E-state index in [4.69, 9.17) is 42.1 Å². The zero-order chi connectivity index (χ0) is 16.5. The van der Waals surface area contributed by atoms with Gasteiger partial charge in [-0.25, -0.2) is 4.79 Å². The van der Waals surface area contributed by atoms with Crippen molar-refractivity contribution in [3.8, 4) is 5.75 Å². The molecule has 0 saturated carbocycles. The molecule has 0 spiro atoms. The van der Waals surface area contributed by atoms with Gasteiger partial charge in [-0.15, -0.1) is 0 Å². The summed E-state index contributed by atoms with van der Waals surface area (Å²) in [4.78, 5) is 11.8. The van der Waals surface area contributed by atoms with E-state index >= 15 is 0 Å². The fraction of sp³-hybridized carbons (Fsp3) is 0.533. The molecule has 0 N–H and O–H groups in total. The lowest BCUT2D eigenvalue weighted by Gasteiger charge is -2.19. The highest BCUT2D eigenvalue weighted by Crippen LogP contribution is 2.36. The molecule has 0 aliphatic rings. The fourth-order valence-corrected chi connectivity index (χ4v) is 2.26. The molecule has 0 saturated heterocycles. The molecule has 0 aliphatic carbocycles. The normalized spacial score (nSPS) is 10.8. The summed E-state index contributed by atoms with van der Waals surface area (Å²) >= 11 is 12.3. The highest BCUT2D eigenvalue weighted by atomic mass is 35.5. The maximum absolute atomic E-state index is 11.8. The molecule has 7 heteroatoms. The van der Waals surface area contributed by atoms with Crippen LogP contribution in [-0.2, 0) is 14.2 Å². The van der Waals surface area contributed by atoms with E-state index < -0.39 is 12.3 Å². The number of benzene rings is 1. The Bertz CT molecular complexity index is 487. The Morgan fingerprint density at radius 1 is 1.09 bits per heavy atom. The zero-order valence-electron chi connectivity index (χ0n) is 12.9. The number of halogens is 2. The first kappa shape index (κ1) is 19.0. The van der Waals surface area contributed by atoms with Crippen molar-refractivity contribution in [2.75, 3.05) is 26.4 Å². The monoisotopic (exact) mass is 350 g/mol. The third-order valence-corrected chi connectivity index (χ3v) is 3.29. The summed E-state index contributed by atoms with van der Waals surface area (Å²) in [6.45, 7) is 6.75. The number of ether oxygens (including phenoxy) is 4. The van der Waals surface area contributed by atoms with Crippen LogP contribution in [-0.4, -0.2) is 38.7 Å². The summed E-state index contributed by atoms with van der Waals surface area (Å²) in [7, 11) is 0. The molecule has 1 rings (SSSR count). The predicted octanol–water partition coefficient (Wildman–Crippen LogP) is 3.95. The molecule has 0 bridgehead atoms. The predicted molar refractivity (Wildman–Crippen MR) is 85.0 cm³/mol. The van der Waals surface area contributed by atoms with E-state index in [1.807, 2.05) is 13.8 Å². The topological polar surface area (TPSA) is 54.0 Å². The van der Waals surface area contributed by atoms with E-state index in [0.29, 0.717) is 18.2 Å². The quantitative estimate of drug-likeness (QED) is 0.498. The van der Waals surface area contributed by atoms with Gasteiger partial charge in [-0.3, -0.25) is 0 Å². The Hall–Kier alpha value is -1.01. The van der Waals surface area contributed by atoms with Gasteiger partial charge in [0.25, 0.3) is 0 Å². The summed E-state index contributed by atoms with van der Waals surface area (Å²) in [5, 5.41) is 0.405. The minimum atomic E-state index is -0.534. The van der Waals surface area contributed by atoms with Gasteiger partial charge in [0.15, 0.2) is 12.0 Å². The Kier molecular flexibility index (Phi) is 8.56. The fourth-order valence-electron chi connectivity index (χ4n) is 1.70. The van der Waals surface area contributed by atoms with Gasteiger partial charge in [0.2, 0.25) is 0 Å². The number of carbonyl (C=O) groups excluding carboxylic acids is 1. The van der Waals surface area contributed by atoms with E-state index in [2.05, 4.69) is 0 Å². The van der Waals surface area contributed by atoms with E-state index in [9.17, 15) is 4.79 Å². The van der Waals surface area contributed by atoms with E-state index in [1.165, 1.54) is 12.1 Å². The van der Waals surface area contributed by atoms with E-state index in [0.717, 1.165) is 0 Å². The third-order valence-electron chi connectivity index (χ3n) is 2.61. The van der Waals surface area contributed by atoms with Crippen molar-refractivity contribution in [1.82, 2.24) is 0 Å². The van der Waals surface area contributed by atoms with Crippen LogP contribution in [0.25, 0.3) is 0 Å². The van der Waals surface area contributed by atoms with Crippen LogP contribution in [0.3, 0.4) is 0 Å². The summed E-state index contributed by atoms with van der Waals surface area (Å²) in [6, 6.07) is 3.03. The van der Waals surface area contributed by atoms with Crippen LogP contribution in [0.5, 0.6) is 5.75 Å². The lowest BCUT2D eigenvalue weighted by molar-refractivity contribution is -0.152. The molecule has 0 atom stereocenters. The van der Waals surface area contributed by atoms with Crippen molar-refractivity contribution in [2.24, 2.45) is 0 Å². The number of esters is 1. The molecule has 0 aromatic heterocycles. The minimum Gasteiger partial charge on any atom is -0.485 e. The maximum atomic E-state index is 11.8. The zero-order valence-corrected chi connectivity index (χ0v) is 14.4. The molecule has 5 nitrogen and oxygen atoms in total. The molecular weight excluding hydrogens is 331 g/mol. The Balaban J connectivity index is 2.89. The van der Waals surface area contributed by atoms with Gasteiger partial charge >= 0.3 is 5.97 Å². The number of carbonyl (C=O) groups is 1. The van der Waals surface area contributed by atoms with Crippen LogP contribution < -0.4 is 4.74 Å². The highest BCUT2D eigenvalue weighted by molar-refractivity contribution is 6.39. The van der Waals surface area contributed by atoms with Crippen molar-refractivity contribution in [3.63, 3.8) is 0 Å². The van der Waals surface area contributed by atoms with Crippen molar-refractivity contribution < 1.29 is 23.7 Å². The number of hydrogen-bond donors (Lipinski definition) is 0. The van der Waals surface area contributed by atoms with Crippen molar-refractivity contribution in [3.05, 3.63) is 27.7 Å². The molecule has 0 heterocycles. The molecule has 1 aromatic rings. The van der Waals surface area contributed by atoms with Crippen LogP contribution in [0.1, 0.15) is 31.1 Å². The molecule has 0 aliphatic heterocycles. The number of hydrogen-bond acceptors (Lipinski definition) is 5. The van der Waals surface area contributed by atoms with Crippen LogP contribution in [0.2, 0.25) is 10.0 Å². The lowest BCUT2D eigenvalue weighted by Crippen LogP contribution is -2.25. The average Bonchev–Trinajstić information content (AvgIpc) is 2.47. The highest BCUT2D eigenvalue weighted by Gasteiger charge is 2.19. The molecule has 1 aromatic carbocycles. The maximum Gasteiger partial charge on any atom is 0.339 e. The van der Waals surface area contributed by atoms with Crippen molar-refractivity contribution >= 4 is 29.2 Å². The summed E-state index contributed by atoms with van der Waals surface area (Å²) in [6.07, 6.45) is -0.534. The SMILES string of the molecule is CCOC(=O)c1ccc(Cl)c(OCC(OCC)OCC)c1Cl. The lowest BCUT2D eigenvalue weighted by atomic mass is 10.2. The molecule has 0 fully saturated rings. The smallest absolute Gasteiger partial charge is 0.339 e. The van der Waals surface area contributed by atoms with Crippen molar-refractivity contribution in [2.45, 2.75) is 27.1 Å². The van der Waals surface area contributed by atoms with Gasteiger partial charge in [-0.05, 0) is 32.9 Å². The second-order valence-corrected chi connectivity index (χ2v) is 4.89. The first-order valence-electron chi connectivity index (χ1n) is 7.06. The van der Waals surface area contributed by atoms with Gasteiger partial charge in [0.05, 0.1) is 22.2 Å². The molecular formula is C15H20Cl2O5. The average molecular weight is 351 g/mol. The summed E-state index contributed by atoms with van der Waals surface area (Å²) in [5.41, 5.74) is 0.201. The van der Waals surface area contributed by atoms with Gasteiger partial charge in [0, 0.05) is 13.2 Å². The Morgan fingerprint density at radius 3 is 2.27 bits per heavy atom. The van der Waals surface area contributed by atoms with Gasteiger partial charge in [-0.1, -0.05) is 23.2 Å². The number of rotatable bonds is 9. The van der Waals surface area contributed by atoms with Gasteiger partial charge in [-0.2, -0.15) is 0 Å². The van der Waals surface area contributed by atoms with E-state index in [-0.39, 0.29) is 29.5 Å². The van der Waals surface area contributed by atoms with E-state index in [1.54, 1.807) is 6.92 Å². The molecule has 124 valence electrons. The van der Waals surface area contributed by atoms with Crippen LogP contribution in [0.4, 0.5) is 0 Å². The standard InChI is InChI=1S/C15H20Cl2O5/c1-4-19-12(20-5-2)9-22-14-11(16)8-7-10(13(14)17)15(18)21-6-3/h7-8,12H,4-6,9H2,1-3H3. The minimum absolute atomic E-state index is 0.105. The largest absolute Gasteiger partial charge is 0.485 e. The van der Waals surface area contributed by atoms with Crippen LogP contribution in [0.15, 0.2) is 12.1 Å². The summed E-state index contributed by atoms with van der Waals surface area (Å²) < 4.78 is 21.3. The molecule has 0 amide bonds. The molecule has 22 heavy (non-hydrogen) atoms. The first-order chi connectivity index (χ1) is 10.5. The second kappa shape index (κ2) is 9.90. The molecule has 0 radical (unpaired) electrons. The van der Waals surface area contributed by atoms with Crippen molar-refractivity contribution in [1.29, 1.82) is 0 Å². The van der Waals surface area contributed by atoms with Crippen LogP contribution in [0, 0.1) is 0 Å². The van der Waals surface area contributed by atoms with Crippen LogP contribution >= 0.6 is 23.2 Å². The first-order valence-corrected chi connectivity index (χ1v) is 7.81. The van der Waals surface area contributed by atoms with Gasteiger partial charge < -0.3 is 18.9 Å². The molecule has 0 unspecified atom stereocenters. The Morgan fingerprint density at radius 2 is 1.73 bits per heavy atom.